The number of piperidine rings is 3. The Morgan fingerprint density at radius 1 is 1.06 bits per heavy atom. The van der Waals surface area contributed by atoms with Gasteiger partial charge in [-0.15, -0.1) is 0 Å². The van der Waals surface area contributed by atoms with Crippen LogP contribution >= 0.6 is 0 Å². The summed E-state index contributed by atoms with van der Waals surface area (Å²) in [6, 6.07) is 17.4. The van der Waals surface area contributed by atoms with Gasteiger partial charge in [0.2, 0.25) is 5.91 Å². The number of likely N-dealkylation sites (tertiary alicyclic amines) is 1. The predicted molar refractivity (Wildman–Crippen MR) is 116 cm³/mol. The average molecular weight is 418 g/mol. The highest BCUT2D eigenvalue weighted by atomic mass is 19.1. The molecular formula is C26H28FN3O. The van der Waals surface area contributed by atoms with E-state index in [2.05, 4.69) is 21.9 Å². The first kappa shape index (κ1) is 20.2. The lowest BCUT2D eigenvalue weighted by Crippen LogP contribution is -2.65. The third kappa shape index (κ3) is 4.09. The molecule has 31 heavy (non-hydrogen) atoms. The second kappa shape index (κ2) is 8.43. The summed E-state index contributed by atoms with van der Waals surface area (Å²) in [4.78, 5) is 17.7. The molecule has 0 saturated carbocycles. The lowest BCUT2D eigenvalue weighted by atomic mass is 9.70. The summed E-state index contributed by atoms with van der Waals surface area (Å²) in [5.74, 6) is 0.947. The molecular weight excluding hydrogens is 389 g/mol. The van der Waals surface area contributed by atoms with Gasteiger partial charge in [0.25, 0.3) is 0 Å². The van der Waals surface area contributed by atoms with Crippen LogP contribution in [0.5, 0.6) is 0 Å². The third-order valence-electron chi connectivity index (χ3n) is 7.37. The van der Waals surface area contributed by atoms with E-state index in [-0.39, 0.29) is 17.8 Å². The van der Waals surface area contributed by atoms with Gasteiger partial charge in [-0.2, -0.15) is 5.26 Å². The summed E-state index contributed by atoms with van der Waals surface area (Å²) in [5, 5.41) is 9.22. The van der Waals surface area contributed by atoms with E-state index in [1.807, 2.05) is 24.3 Å². The molecule has 4 nitrogen and oxygen atoms in total. The van der Waals surface area contributed by atoms with Crippen LogP contribution in [0.15, 0.2) is 48.5 Å². The van der Waals surface area contributed by atoms with Gasteiger partial charge < -0.3 is 4.90 Å². The average Bonchev–Trinajstić information content (AvgIpc) is 2.77. The topological polar surface area (TPSA) is 47.3 Å². The van der Waals surface area contributed by atoms with E-state index >= 15 is 0 Å². The van der Waals surface area contributed by atoms with E-state index in [1.165, 1.54) is 6.07 Å². The van der Waals surface area contributed by atoms with Crippen molar-refractivity contribution in [2.45, 2.75) is 50.7 Å². The standard InChI is InChI=1S/C26H28FN3O/c27-23-7-2-4-18(11-23)12-25-22-13-21(24-8-3-9-26(31)30(24)25)16-29(17-22)15-20-6-1-5-19(10-20)14-28/h1-2,4-7,10-11,21-22,24-25H,3,8-9,12-13,15-17H2/t21-,22+,24+,25+/m1/s1. The van der Waals surface area contributed by atoms with Crippen LogP contribution in [0.2, 0.25) is 0 Å². The quantitative estimate of drug-likeness (QED) is 0.751. The van der Waals surface area contributed by atoms with Gasteiger partial charge in [-0.05, 0) is 72.9 Å². The summed E-state index contributed by atoms with van der Waals surface area (Å²) in [6.45, 7) is 2.76. The first-order chi connectivity index (χ1) is 15.1. The zero-order valence-electron chi connectivity index (χ0n) is 17.7. The van der Waals surface area contributed by atoms with Gasteiger partial charge in [0.1, 0.15) is 5.82 Å². The fourth-order valence-electron chi connectivity index (χ4n) is 6.17. The molecule has 1 amide bonds. The van der Waals surface area contributed by atoms with Crippen LogP contribution in [0.3, 0.4) is 0 Å². The largest absolute Gasteiger partial charge is 0.336 e. The molecule has 2 aromatic rings. The summed E-state index contributed by atoms with van der Waals surface area (Å²) in [7, 11) is 0. The van der Waals surface area contributed by atoms with E-state index in [9.17, 15) is 14.4 Å². The molecule has 2 aromatic carbocycles. The number of benzene rings is 2. The number of carbonyl (C=O) groups is 1. The molecule has 0 unspecified atom stereocenters. The predicted octanol–water partition coefficient (Wildman–Crippen LogP) is 4.14. The molecule has 160 valence electrons. The number of amides is 1. The van der Waals surface area contributed by atoms with E-state index in [0.717, 1.165) is 56.4 Å². The number of hydrogen-bond acceptors (Lipinski definition) is 3. The number of hydrogen-bond donors (Lipinski definition) is 0. The highest BCUT2D eigenvalue weighted by Crippen LogP contribution is 2.42. The van der Waals surface area contributed by atoms with Gasteiger partial charge in [-0.1, -0.05) is 24.3 Å². The zero-order valence-corrected chi connectivity index (χ0v) is 17.7. The summed E-state index contributed by atoms with van der Waals surface area (Å²) < 4.78 is 13.8. The van der Waals surface area contributed by atoms with E-state index in [1.54, 1.807) is 12.1 Å². The lowest BCUT2D eigenvalue weighted by molar-refractivity contribution is -0.152. The summed E-state index contributed by atoms with van der Waals surface area (Å²) in [6.07, 6.45) is 4.54. The second-order valence-electron chi connectivity index (χ2n) is 9.42. The molecule has 3 fully saturated rings. The van der Waals surface area contributed by atoms with Crippen LogP contribution in [0.25, 0.3) is 0 Å². The van der Waals surface area contributed by atoms with Crippen LogP contribution in [-0.2, 0) is 17.8 Å². The Hall–Kier alpha value is -2.71. The van der Waals surface area contributed by atoms with Crippen LogP contribution in [0.1, 0.15) is 42.4 Å². The molecule has 0 spiro atoms. The Morgan fingerprint density at radius 2 is 1.87 bits per heavy atom. The monoisotopic (exact) mass is 417 g/mol. The highest BCUT2D eigenvalue weighted by molar-refractivity contribution is 5.78. The van der Waals surface area contributed by atoms with Crippen LogP contribution < -0.4 is 0 Å². The number of fused-ring (bicyclic) bond motifs is 4. The maximum atomic E-state index is 13.8. The van der Waals surface area contributed by atoms with E-state index < -0.39 is 0 Å². The minimum absolute atomic E-state index is 0.129. The van der Waals surface area contributed by atoms with Crippen molar-refractivity contribution in [1.29, 1.82) is 5.26 Å². The molecule has 0 aromatic heterocycles. The number of carbonyl (C=O) groups excluding carboxylic acids is 1. The minimum Gasteiger partial charge on any atom is -0.336 e. The molecule has 3 heterocycles. The van der Waals surface area contributed by atoms with Crippen LogP contribution in [-0.4, -0.2) is 40.9 Å². The zero-order chi connectivity index (χ0) is 21.4. The van der Waals surface area contributed by atoms with Gasteiger partial charge in [-0.3, -0.25) is 9.69 Å². The maximum Gasteiger partial charge on any atom is 0.223 e. The van der Waals surface area contributed by atoms with Crippen LogP contribution in [0.4, 0.5) is 4.39 Å². The summed E-state index contributed by atoms with van der Waals surface area (Å²) in [5.41, 5.74) is 2.83. The van der Waals surface area contributed by atoms with Crippen molar-refractivity contribution in [3.05, 3.63) is 71.0 Å². The van der Waals surface area contributed by atoms with E-state index in [4.69, 9.17) is 0 Å². The van der Waals surface area contributed by atoms with E-state index in [0.29, 0.717) is 29.9 Å². The maximum absolute atomic E-state index is 13.8. The number of rotatable bonds is 4. The van der Waals surface area contributed by atoms with Crippen molar-refractivity contribution in [3.8, 4) is 6.07 Å². The van der Waals surface area contributed by atoms with Gasteiger partial charge in [0.05, 0.1) is 11.6 Å². The van der Waals surface area contributed by atoms with Gasteiger partial charge in [0.15, 0.2) is 0 Å². The first-order valence-corrected chi connectivity index (χ1v) is 11.4. The Labute approximate surface area is 183 Å². The van der Waals surface area contributed by atoms with Crippen LogP contribution in [0, 0.1) is 29.0 Å². The molecule has 4 atom stereocenters. The molecule has 0 aliphatic carbocycles. The Morgan fingerprint density at radius 3 is 2.71 bits per heavy atom. The molecule has 3 saturated heterocycles. The smallest absolute Gasteiger partial charge is 0.223 e. The van der Waals surface area contributed by atoms with Gasteiger partial charge >= 0.3 is 0 Å². The third-order valence-corrected chi connectivity index (χ3v) is 7.37. The normalized spacial score (nSPS) is 28.1. The van der Waals surface area contributed by atoms with Gasteiger partial charge in [-0.25, -0.2) is 4.39 Å². The molecule has 3 aliphatic rings. The van der Waals surface area contributed by atoms with Crippen molar-refractivity contribution in [3.63, 3.8) is 0 Å². The van der Waals surface area contributed by atoms with Gasteiger partial charge in [0, 0.05) is 38.1 Å². The molecule has 0 N–H and O–H groups in total. The Kier molecular flexibility index (Phi) is 5.50. The van der Waals surface area contributed by atoms with Crippen molar-refractivity contribution < 1.29 is 9.18 Å². The van der Waals surface area contributed by atoms with Crippen molar-refractivity contribution in [2.75, 3.05) is 13.1 Å². The number of halogens is 1. The summed E-state index contributed by atoms with van der Waals surface area (Å²) >= 11 is 0. The SMILES string of the molecule is N#Cc1cccc(CN2C[C@H]3C[C@@H](C2)[C@H](Cc2cccc(F)c2)N2C(=O)CCC[C@@H]32)c1. The highest BCUT2D eigenvalue weighted by Gasteiger charge is 2.49. The Bertz CT molecular complexity index is 1020. The van der Waals surface area contributed by atoms with Crippen molar-refractivity contribution in [2.24, 2.45) is 11.8 Å². The Balaban J connectivity index is 1.40. The van der Waals surface area contributed by atoms with Crippen molar-refractivity contribution >= 4 is 5.91 Å². The lowest BCUT2D eigenvalue weighted by Gasteiger charge is -2.57. The molecule has 0 radical (unpaired) electrons. The number of nitrogens with zero attached hydrogens (tertiary/aromatic N) is 3. The second-order valence-corrected chi connectivity index (χ2v) is 9.42. The fraction of sp³-hybridized carbons (Fsp3) is 0.462. The molecule has 5 rings (SSSR count). The fourth-order valence-corrected chi connectivity index (χ4v) is 6.17. The minimum atomic E-state index is -0.213. The molecule has 2 bridgehead atoms. The molecule has 5 heteroatoms. The van der Waals surface area contributed by atoms with Crippen molar-refractivity contribution in [1.82, 2.24) is 9.80 Å². The number of nitriles is 1. The first-order valence-electron chi connectivity index (χ1n) is 11.4. The molecule has 3 aliphatic heterocycles.